The summed E-state index contributed by atoms with van der Waals surface area (Å²) in [6.45, 7) is 11.4. The number of rotatable bonds is 2. The third-order valence-electron chi connectivity index (χ3n) is 4.79. The lowest BCUT2D eigenvalue weighted by atomic mass is 9.71. The van der Waals surface area contributed by atoms with E-state index < -0.39 is 0 Å². The van der Waals surface area contributed by atoms with Gasteiger partial charge in [-0.15, -0.1) is 0 Å². The maximum atomic E-state index is 6.65. The van der Waals surface area contributed by atoms with Gasteiger partial charge in [0.2, 0.25) is 0 Å². The van der Waals surface area contributed by atoms with E-state index in [1.54, 1.807) is 0 Å². The molecule has 0 heterocycles. The Morgan fingerprint density at radius 1 is 0.947 bits per heavy atom. The Balaban J connectivity index is 2.26. The molecular weight excluding hydrogens is 230 g/mol. The summed E-state index contributed by atoms with van der Waals surface area (Å²) in [6, 6.07) is 4.77. The average Bonchev–Trinajstić information content (AvgIpc) is 2.25. The molecule has 0 aromatic heterocycles. The smallest absolute Gasteiger partial charge is 0.0328 e. The van der Waals surface area contributed by atoms with Crippen LogP contribution in [-0.4, -0.2) is 0 Å². The summed E-state index contributed by atoms with van der Waals surface area (Å²) in [7, 11) is 0. The summed E-state index contributed by atoms with van der Waals surface area (Å²) in [6.07, 6.45) is 3.95. The van der Waals surface area contributed by atoms with Gasteiger partial charge < -0.3 is 5.73 Å². The highest BCUT2D eigenvalue weighted by molar-refractivity contribution is 5.39. The molecule has 1 nitrogen and oxygen atoms in total. The van der Waals surface area contributed by atoms with Gasteiger partial charge >= 0.3 is 0 Å². The molecule has 1 fully saturated rings. The van der Waals surface area contributed by atoms with Crippen LogP contribution in [-0.2, 0) is 0 Å². The number of nitrogens with two attached hydrogens (primary N) is 1. The first-order valence-electron chi connectivity index (χ1n) is 7.71. The molecule has 0 saturated heterocycles. The Morgan fingerprint density at radius 3 is 1.89 bits per heavy atom. The molecule has 3 unspecified atom stereocenters. The molecule has 3 atom stereocenters. The van der Waals surface area contributed by atoms with Crippen LogP contribution in [0.5, 0.6) is 0 Å². The van der Waals surface area contributed by atoms with Crippen LogP contribution in [0.25, 0.3) is 0 Å². The zero-order valence-electron chi connectivity index (χ0n) is 13.2. The molecule has 0 radical (unpaired) electrons. The first-order chi connectivity index (χ1) is 8.88. The largest absolute Gasteiger partial charge is 0.324 e. The molecule has 106 valence electrons. The summed E-state index contributed by atoms with van der Waals surface area (Å²) >= 11 is 0. The van der Waals surface area contributed by atoms with Crippen LogP contribution in [0.15, 0.2) is 12.1 Å². The van der Waals surface area contributed by atoms with E-state index in [1.165, 1.54) is 41.5 Å². The first kappa shape index (κ1) is 14.6. The van der Waals surface area contributed by atoms with Crippen LogP contribution >= 0.6 is 0 Å². The molecule has 0 aliphatic heterocycles. The normalized spacial score (nSPS) is 29.3. The zero-order valence-corrected chi connectivity index (χ0v) is 13.2. The minimum Gasteiger partial charge on any atom is -0.324 e. The molecule has 0 spiro atoms. The highest BCUT2D eigenvalue weighted by Gasteiger charge is 2.30. The molecule has 1 aromatic rings. The maximum absolute atomic E-state index is 6.65. The fraction of sp³-hybridized carbons (Fsp3) is 0.667. The average molecular weight is 259 g/mol. The van der Waals surface area contributed by atoms with Gasteiger partial charge in [-0.05, 0) is 74.5 Å². The van der Waals surface area contributed by atoms with E-state index in [9.17, 15) is 0 Å². The molecule has 0 bridgehead atoms. The Labute approximate surface area is 118 Å². The van der Waals surface area contributed by atoms with E-state index in [0.29, 0.717) is 5.92 Å². The minimum absolute atomic E-state index is 0.214. The third-order valence-corrected chi connectivity index (χ3v) is 4.79. The van der Waals surface area contributed by atoms with Gasteiger partial charge in [-0.3, -0.25) is 0 Å². The van der Waals surface area contributed by atoms with Crippen molar-refractivity contribution in [3.63, 3.8) is 0 Å². The van der Waals surface area contributed by atoms with Crippen molar-refractivity contribution in [2.75, 3.05) is 0 Å². The monoisotopic (exact) mass is 259 g/mol. The van der Waals surface area contributed by atoms with Crippen molar-refractivity contribution >= 4 is 0 Å². The van der Waals surface area contributed by atoms with Crippen molar-refractivity contribution in [3.8, 4) is 0 Å². The molecule has 2 rings (SSSR count). The van der Waals surface area contributed by atoms with Crippen LogP contribution in [0, 0.1) is 38.5 Å². The predicted molar refractivity (Wildman–Crippen MR) is 83.3 cm³/mol. The lowest BCUT2D eigenvalue weighted by Crippen LogP contribution is -2.30. The second-order valence-electron chi connectivity index (χ2n) is 7.02. The fourth-order valence-corrected chi connectivity index (χ4v) is 4.26. The number of hydrogen-bond donors (Lipinski definition) is 1. The van der Waals surface area contributed by atoms with Gasteiger partial charge in [0.05, 0.1) is 0 Å². The molecule has 1 saturated carbocycles. The number of hydrogen-bond acceptors (Lipinski definition) is 1. The minimum atomic E-state index is 0.214. The van der Waals surface area contributed by atoms with Crippen molar-refractivity contribution in [2.24, 2.45) is 23.5 Å². The zero-order chi connectivity index (χ0) is 14.2. The van der Waals surface area contributed by atoms with Crippen molar-refractivity contribution in [3.05, 3.63) is 34.4 Å². The first-order valence-corrected chi connectivity index (χ1v) is 7.71. The van der Waals surface area contributed by atoms with Gasteiger partial charge in [-0.2, -0.15) is 0 Å². The van der Waals surface area contributed by atoms with Gasteiger partial charge in [-0.25, -0.2) is 0 Å². The summed E-state index contributed by atoms with van der Waals surface area (Å²) in [5.74, 6) is 2.30. The summed E-state index contributed by atoms with van der Waals surface area (Å²) in [5, 5.41) is 0. The fourth-order valence-electron chi connectivity index (χ4n) is 4.26. The molecule has 1 aromatic carbocycles. The third kappa shape index (κ3) is 3.20. The summed E-state index contributed by atoms with van der Waals surface area (Å²) in [4.78, 5) is 0. The van der Waals surface area contributed by atoms with Crippen LogP contribution in [0.3, 0.4) is 0 Å². The van der Waals surface area contributed by atoms with Crippen molar-refractivity contribution in [2.45, 2.75) is 59.9 Å². The molecule has 1 aliphatic rings. The van der Waals surface area contributed by atoms with Gasteiger partial charge in [0, 0.05) is 6.04 Å². The van der Waals surface area contributed by atoms with Crippen LogP contribution < -0.4 is 5.73 Å². The Bertz CT molecular complexity index is 416. The highest BCUT2D eigenvalue weighted by atomic mass is 14.7. The molecule has 0 amide bonds. The van der Waals surface area contributed by atoms with Gasteiger partial charge in [-0.1, -0.05) is 31.5 Å². The predicted octanol–water partition coefficient (Wildman–Crippen LogP) is 4.68. The standard InChI is InChI=1S/C18H29N/c1-11-6-12(2)10-16(9-11)18(19)17-14(4)7-13(3)8-15(17)5/h7-8,11-12,16,18H,6,9-10,19H2,1-5H3. The molecule has 1 heteroatoms. The number of aryl methyl sites for hydroxylation is 3. The quantitative estimate of drug-likeness (QED) is 0.819. The van der Waals surface area contributed by atoms with E-state index in [0.717, 1.165) is 11.8 Å². The van der Waals surface area contributed by atoms with Crippen molar-refractivity contribution in [1.82, 2.24) is 0 Å². The summed E-state index contributed by atoms with van der Waals surface area (Å²) < 4.78 is 0. The van der Waals surface area contributed by atoms with E-state index in [4.69, 9.17) is 5.73 Å². The van der Waals surface area contributed by atoms with Crippen LogP contribution in [0.1, 0.15) is 61.4 Å². The van der Waals surface area contributed by atoms with E-state index in [1.807, 2.05) is 0 Å². The van der Waals surface area contributed by atoms with Gasteiger partial charge in [0.1, 0.15) is 0 Å². The van der Waals surface area contributed by atoms with Gasteiger partial charge in [0.15, 0.2) is 0 Å². The topological polar surface area (TPSA) is 26.0 Å². The lowest BCUT2D eigenvalue weighted by Gasteiger charge is -2.36. The van der Waals surface area contributed by atoms with E-state index in [2.05, 4.69) is 46.8 Å². The van der Waals surface area contributed by atoms with E-state index in [-0.39, 0.29) is 6.04 Å². The van der Waals surface area contributed by atoms with Crippen molar-refractivity contribution < 1.29 is 0 Å². The number of benzene rings is 1. The molecule has 19 heavy (non-hydrogen) atoms. The lowest BCUT2D eigenvalue weighted by molar-refractivity contribution is 0.193. The summed E-state index contributed by atoms with van der Waals surface area (Å²) in [5.41, 5.74) is 12.1. The SMILES string of the molecule is Cc1cc(C)c(C(N)C2CC(C)CC(C)C2)c(C)c1. The molecule has 1 aliphatic carbocycles. The Kier molecular flexibility index (Phi) is 4.35. The maximum Gasteiger partial charge on any atom is 0.0328 e. The second-order valence-corrected chi connectivity index (χ2v) is 7.02. The molecular formula is C18H29N. The second kappa shape index (κ2) is 5.66. The Morgan fingerprint density at radius 2 is 1.42 bits per heavy atom. The van der Waals surface area contributed by atoms with E-state index >= 15 is 0 Å². The van der Waals surface area contributed by atoms with Crippen molar-refractivity contribution in [1.29, 1.82) is 0 Å². The Hall–Kier alpha value is -0.820. The van der Waals surface area contributed by atoms with Gasteiger partial charge in [0.25, 0.3) is 0 Å². The molecule has 2 N–H and O–H groups in total. The van der Waals surface area contributed by atoms with Crippen LogP contribution in [0.2, 0.25) is 0 Å². The van der Waals surface area contributed by atoms with Crippen LogP contribution in [0.4, 0.5) is 0 Å². The highest BCUT2D eigenvalue weighted by Crippen LogP contribution is 2.40.